The van der Waals surface area contributed by atoms with Gasteiger partial charge in [0, 0.05) is 11.6 Å². The van der Waals surface area contributed by atoms with E-state index >= 15 is 0 Å². The van der Waals surface area contributed by atoms with E-state index in [1.54, 1.807) is 24.3 Å². The minimum atomic E-state index is -3.32. The second-order valence-corrected chi connectivity index (χ2v) is 8.42. The van der Waals surface area contributed by atoms with Crippen LogP contribution in [0.3, 0.4) is 0 Å². The molecule has 3 unspecified atom stereocenters. The highest BCUT2D eigenvalue weighted by Crippen LogP contribution is 2.44. The standard InChI is InChI=1S/C15H20N2O2S2/c16-15(20)13-3-1-2-11(7-13)9-21(18,19)17-14-8-10-4-5-12(14)6-10/h1-3,7,10,12,14,17H,4-6,8-9H2,(H2,16,20). The lowest BCUT2D eigenvalue weighted by atomic mass is 9.96. The van der Waals surface area contributed by atoms with Crippen LogP contribution in [0.5, 0.6) is 0 Å². The van der Waals surface area contributed by atoms with Gasteiger partial charge in [-0.2, -0.15) is 0 Å². The maximum Gasteiger partial charge on any atom is 0.216 e. The Morgan fingerprint density at radius 3 is 2.76 bits per heavy atom. The molecule has 3 rings (SSSR count). The van der Waals surface area contributed by atoms with E-state index in [1.165, 1.54) is 12.8 Å². The number of hydrogen-bond acceptors (Lipinski definition) is 3. The Morgan fingerprint density at radius 2 is 2.14 bits per heavy atom. The summed E-state index contributed by atoms with van der Waals surface area (Å²) in [6, 6.07) is 7.26. The van der Waals surface area contributed by atoms with E-state index in [4.69, 9.17) is 18.0 Å². The molecule has 2 bridgehead atoms. The molecule has 2 aliphatic rings. The first-order valence-corrected chi connectivity index (χ1v) is 9.38. The molecule has 0 spiro atoms. The molecule has 2 saturated carbocycles. The zero-order valence-electron chi connectivity index (χ0n) is 11.8. The molecule has 1 aromatic carbocycles. The SMILES string of the molecule is NC(=S)c1cccc(CS(=O)(=O)NC2CC3CCC2C3)c1. The van der Waals surface area contributed by atoms with Gasteiger partial charge in [-0.05, 0) is 42.7 Å². The Morgan fingerprint density at radius 1 is 1.33 bits per heavy atom. The van der Waals surface area contributed by atoms with Crippen molar-refractivity contribution < 1.29 is 8.42 Å². The Hall–Kier alpha value is -0.980. The molecule has 0 aliphatic heterocycles. The quantitative estimate of drug-likeness (QED) is 0.812. The van der Waals surface area contributed by atoms with Crippen LogP contribution in [0, 0.1) is 11.8 Å². The molecular weight excluding hydrogens is 304 g/mol. The van der Waals surface area contributed by atoms with Crippen LogP contribution in [0.1, 0.15) is 36.8 Å². The van der Waals surface area contributed by atoms with E-state index in [9.17, 15) is 8.42 Å². The normalized spacial score (nSPS) is 27.9. The minimum absolute atomic E-state index is 0.0165. The molecule has 114 valence electrons. The van der Waals surface area contributed by atoms with Crippen molar-refractivity contribution in [1.82, 2.24) is 4.72 Å². The van der Waals surface area contributed by atoms with Crippen molar-refractivity contribution in [3.8, 4) is 0 Å². The largest absolute Gasteiger partial charge is 0.389 e. The van der Waals surface area contributed by atoms with Crippen LogP contribution >= 0.6 is 12.2 Å². The highest BCUT2D eigenvalue weighted by Gasteiger charge is 2.41. The Kier molecular flexibility index (Phi) is 4.03. The third-order valence-electron chi connectivity index (χ3n) is 4.64. The number of benzene rings is 1. The average molecular weight is 324 g/mol. The molecule has 6 heteroatoms. The zero-order valence-corrected chi connectivity index (χ0v) is 13.4. The summed E-state index contributed by atoms with van der Waals surface area (Å²) in [6.07, 6.45) is 4.61. The summed E-state index contributed by atoms with van der Waals surface area (Å²) < 4.78 is 27.6. The second kappa shape index (κ2) is 5.66. The van der Waals surface area contributed by atoms with Gasteiger partial charge in [-0.25, -0.2) is 13.1 Å². The van der Waals surface area contributed by atoms with Gasteiger partial charge >= 0.3 is 0 Å². The summed E-state index contributed by atoms with van der Waals surface area (Å²) in [5.74, 6) is 1.24. The van der Waals surface area contributed by atoms with Crippen molar-refractivity contribution in [3.63, 3.8) is 0 Å². The molecule has 2 fully saturated rings. The van der Waals surface area contributed by atoms with Crippen molar-refractivity contribution in [2.45, 2.75) is 37.5 Å². The van der Waals surface area contributed by atoms with Gasteiger partial charge in [0.1, 0.15) is 4.99 Å². The summed E-state index contributed by atoms with van der Waals surface area (Å²) in [5.41, 5.74) is 7.01. The van der Waals surface area contributed by atoms with E-state index in [0.717, 1.165) is 24.3 Å². The number of rotatable bonds is 5. The lowest BCUT2D eigenvalue weighted by molar-refractivity contribution is 0.390. The predicted molar refractivity (Wildman–Crippen MR) is 87.3 cm³/mol. The van der Waals surface area contributed by atoms with Crippen LogP contribution in [0.2, 0.25) is 0 Å². The van der Waals surface area contributed by atoms with Gasteiger partial charge in [0.15, 0.2) is 0 Å². The molecular formula is C15H20N2O2S2. The number of fused-ring (bicyclic) bond motifs is 2. The van der Waals surface area contributed by atoms with E-state index < -0.39 is 10.0 Å². The van der Waals surface area contributed by atoms with Crippen LogP contribution in [0.25, 0.3) is 0 Å². The molecule has 2 aliphatic carbocycles. The molecule has 0 saturated heterocycles. The van der Waals surface area contributed by atoms with Gasteiger partial charge in [-0.3, -0.25) is 0 Å². The summed E-state index contributed by atoms with van der Waals surface area (Å²) in [7, 11) is -3.32. The van der Waals surface area contributed by atoms with E-state index in [0.29, 0.717) is 11.5 Å². The van der Waals surface area contributed by atoms with Gasteiger partial charge in [0.25, 0.3) is 0 Å². The first-order valence-electron chi connectivity index (χ1n) is 7.32. The van der Waals surface area contributed by atoms with Crippen molar-refractivity contribution in [1.29, 1.82) is 0 Å². The molecule has 4 nitrogen and oxygen atoms in total. The molecule has 0 radical (unpaired) electrons. The summed E-state index contributed by atoms with van der Waals surface area (Å²) in [5, 5.41) is 0. The Balaban J connectivity index is 1.68. The van der Waals surface area contributed by atoms with Gasteiger partial charge in [-0.1, -0.05) is 36.8 Å². The van der Waals surface area contributed by atoms with Crippen LogP contribution < -0.4 is 10.5 Å². The minimum Gasteiger partial charge on any atom is -0.389 e. The number of sulfonamides is 1. The third kappa shape index (κ3) is 3.44. The molecule has 0 amide bonds. The smallest absolute Gasteiger partial charge is 0.216 e. The van der Waals surface area contributed by atoms with Crippen LogP contribution in [0.15, 0.2) is 24.3 Å². The number of hydrogen-bond donors (Lipinski definition) is 2. The molecule has 3 N–H and O–H groups in total. The molecule has 1 aromatic rings. The highest BCUT2D eigenvalue weighted by atomic mass is 32.2. The van der Waals surface area contributed by atoms with Crippen molar-refractivity contribution in [2.24, 2.45) is 17.6 Å². The number of thiocarbonyl (C=S) groups is 1. The number of nitrogens with two attached hydrogens (primary N) is 1. The third-order valence-corrected chi connectivity index (χ3v) is 6.25. The Bertz CT molecular complexity index is 657. The molecule has 21 heavy (non-hydrogen) atoms. The molecule has 3 atom stereocenters. The lowest BCUT2D eigenvalue weighted by Crippen LogP contribution is -2.39. The van der Waals surface area contributed by atoms with Crippen LogP contribution in [-0.4, -0.2) is 19.4 Å². The molecule has 0 heterocycles. The topological polar surface area (TPSA) is 72.2 Å². The number of nitrogens with one attached hydrogen (secondary N) is 1. The van der Waals surface area contributed by atoms with Gasteiger partial charge in [-0.15, -0.1) is 0 Å². The van der Waals surface area contributed by atoms with E-state index in [-0.39, 0.29) is 16.8 Å². The van der Waals surface area contributed by atoms with Crippen molar-refractivity contribution >= 4 is 27.2 Å². The Labute approximate surface area is 131 Å². The first kappa shape index (κ1) is 14.9. The van der Waals surface area contributed by atoms with Gasteiger partial charge in [0.2, 0.25) is 10.0 Å². The second-order valence-electron chi connectivity index (χ2n) is 6.22. The van der Waals surface area contributed by atoms with Crippen LogP contribution in [0.4, 0.5) is 0 Å². The van der Waals surface area contributed by atoms with Crippen molar-refractivity contribution in [2.75, 3.05) is 0 Å². The first-order chi connectivity index (χ1) is 9.93. The summed E-state index contributed by atoms with van der Waals surface area (Å²) in [4.78, 5) is 0.287. The summed E-state index contributed by atoms with van der Waals surface area (Å²) >= 11 is 4.93. The van der Waals surface area contributed by atoms with Gasteiger partial charge < -0.3 is 5.73 Å². The fraction of sp³-hybridized carbons (Fsp3) is 0.533. The van der Waals surface area contributed by atoms with Gasteiger partial charge in [0.05, 0.1) is 5.75 Å². The average Bonchev–Trinajstić information content (AvgIpc) is 3.00. The van der Waals surface area contributed by atoms with E-state index in [2.05, 4.69) is 4.72 Å². The predicted octanol–water partition coefficient (Wildman–Crippen LogP) is 1.93. The zero-order chi connectivity index (χ0) is 15.0. The fourth-order valence-electron chi connectivity index (χ4n) is 3.70. The van der Waals surface area contributed by atoms with Crippen molar-refractivity contribution in [3.05, 3.63) is 35.4 Å². The highest BCUT2D eigenvalue weighted by molar-refractivity contribution is 7.88. The van der Waals surface area contributed by atoms with Crippen LogP contribution in [-0.2, 0) is 15.8 Å². The maximum absolute atomic E-state index is 12.3. The monoisotopic (exact) mass is 324 g/mol. The maximum atomic E-state index is 12.3. The summed E-state index contributed by atoms with van der Waals surface area (Å²) in [6.45, 7) is 0. The lowest BCUT2D eigenvalue weighted by Gasteiger charge is -2.22. The van der Waals surface area contributed by atoms with E-state index in [1.807, 2.05) is 0 Å². The fourth-order valence-corrected chi connectivity index (χ4v) is 5.27. The molecule has 0 aromatic heterocycles.